The van der Waals surface area contributed by atoms with Gasteiger partial charge in [0, 0.05) is 19.5 Å². The van der Waals surface area contributed by atoms with Crippen LogP contribution in [0.4, 0.5) is 0 Å². The molecule has 0 fully saturated rings. The van der Waals surface area contributed by atoms with Gasteiger partial charge in [-0.3, -0.25) is 4.40 Å². The summed E-state index contributed by atoms with van der Waals surface area (Å²) in [6, 6.07) is 1.53. The van der Waals surface area contributed by atoms with E-state index in [-0.39, 0.29) is 6.04 Å². The van der Waals surface area contributed by atoms with Gasteiger partial charge in [-0.2, -0.15) is 0 Å². The molecule has 0 bridgehead atoms. The number of methoxy groups -OCH3 is 1. The van der Waals surface area contributed by atoms with Crippen LogP contribution in [0.5, 0.6) is 0 Å². The number of aromatic nitrogens is 4. The Morgan fingerprint density at radius 3 is 3.21 bits per heavy atom. The summed E-state index contributed by atoms with van der Waals surface area (Å²) < 4.78 is 6.70. The molecule has 6 nitrogen and oxygen atoms in total. The fourth-order valence-electron chi connectivity index (χ4n) is 1.27. The standard InChI is InChI=1S/C8H11N5O/c1-14-5-6(9)7-11-12-8-10-3-2-4-13(7)8/h2-4,6H,5,9H2,1H3. The first kappa shape index (κ1) is 9.04. The molecule has 0 aliphatic rings. The van der Waals surface area contributed by atoms with E-state index in [1.165, 1.54) is 0 Å². The van der Waals surface area contributed by atoms with Gasteiger partial charge in [-0.15, -0.1) is 10.2 Å². The molecule has 2 heterocycles. The Labute approximate surface area is 80.7 Å². The summed E-state index contributed by atoms with van der Waals surface area (Å²) in [5, 5.41) is 7.85. The summed E-state index contributed by atoms with van der Waals surface area (Å²) in [5.74, 6) is 1.21. The van der Waals surface area contributed by atoms with Crippen LogP contribution < -0.4 is 5.73 Å². The average molecular weight is 193 g/mol. The molecule has 2 aromatic rings. The molecule has 0 aliphatic heterocycles. The summed E-state index contributed by atoms with van der Waals surface area (Å²) in [5.41, 5.74) is 5.84. The zero-order valence-corrected chi connectivity index (χ0v) is 7.79. The van der Waals surface area contributed by atoms with Gasteiger partial charge in [0.2, 0.25) is 0 Å². The second-order valence-corrected chi connectivity index (χ2v) is 2.91. The zero-order valence-electron chi connectivity index (χ0n) is 7.79. The molecular weight excluding hydrogens is 182 g/mol. The molecule has 0 saturated carbocycles. The SMILES string of the molecule is COCC(N)c1nnc2ncccn12. The second-order valence-electron chi connectivity index (χ2n) is 2.91. The van der Waals surface area contributed by atoms with Gasteiger partial charge in [-0.05, 0) is 6.07 Å². The van der Waals surface area contributed by atoms with Crippen LogP contribution >= 0.6 is 0 Å². The first-order valence-electron chi connectivity index (χ1n) is 4.23. The van der Waals surface area contributed by atoms with Gasteiger partial charge in [0.25, 0.3) is 5.78 Å². The number of fused-ring (bicyclic) bond motifs is 1. The lowest BCUT2D eigenvalue weighted by molar-refractivity contribution is 0.178. The van der Waals surface area contributed by atoms with Crippen LogP contribution in [0.1, 0.15) is 11.9 Å². The lowest BCUT2D eigenvalue weighted by Gasteiger charge is -2.07. The van der Waals surface area contributed by atoms with Crippen LogP contribution in [0.25, 0.3) is 5.78 Å². The van der Waals surface area contributed by atoms with E-state index in [9.17, 15) is 0 Å². The maximum Gasteiger partial charge on any atom is 0.254 e. The minimum Gasteiger partial charge on any atom is -0.383 e. The molecule has 0 amide bonds. The molecule has 2 rings (SSSR count). The molecule has 1 atom stereocenters. The van der Waals surface area contributed by atoms with Crippen molar-refractivity contribution in [1.82, 2.24) is 19.6 Å². The van der Waals surface area contributed by atoms with Gasteiger partial charge < -0.3 is 10.5 Å². The van der Waals surface area contributed by atoms with Crippen molar-refractivity contribution in [2.24, 2.45) is 5.73 Å². The number of hydrogen-bond donors (Lipinski definition) is 1. The maximum absolute atomic E-state index is 5.84. The van der Waals surface area contributed by atoms with Crippen LogP contribution in [0.2, 0.25) is 0 Å². The molecule has 0 spiro atoms. The zero-order chi connectivity index (χ0) is 9.97. The van der Waals surface area contributed by atoms with E-state index in [0.717, 1.165) is 0 Å². The lowest BCUT2D eigenvalue weighted by atomic mass is 10.3. The summed E-state index contributed by atoms with van der Waals surface area (Å²) in [6.07, 6.45) is 3.49. The van der Waals surface area contributed by atoms with Crippen molar-refractivity contribution in [1.29, 1.82) is 0 Å². The highest BCUT2D eigenvalue weighted by molar-refractivity contribution is 5.26. The van der Waals surface area contributed by atoms with Gasteiger partial charge in [0.05, 0.1) is 12.6 Å². The largest absolute Gasteiger partial charge is 0.383 e. The Hall–Kier alpha value is -1.53. The van der Waals surface area contributed by atoms with Crippen molar-refractivity contribution < 1.29 is 4.74 Å². The molecule has 0 aliphatic carbocycles. The van der Waals surface area contributed by atoms with E-state index in [1.54, 1.807) is 23.8 Å². The Balaban J connectivity index is 2.42. The molecule has 2 N–H and O–H groups in total. The number of rotatable bonds is 3. The van der Waals surface area contributed by atoms with Crippen molar-refractivity contribution in [2.45, 2.75) is 6.04 Å². The van der Waals surface area contributed by atoms with E-state index >= 15 is 0 Å². The van der Waals surface area contributed by atoms with Crippen LogP contribution in [-0.2, 0) is 4.74 Å². The predicted molar refractivity (Wildman–Crippen MR) is 49.6 cm³/mol. The van der Waals surface area contributed by atoms with Crippen LogP contribution in [-0.4, -0.2) is 33.3 Å². The molecule has 6 heteroatoms. The summed E-state index contributed by atoms with van der Waals surface area (Å²) >= 11 is 0. The third-order valence-corrected chi connectivity index (χ3v) is 1.89. The number of hydrogen-bond acceptors (Lipinski definition) is 5. The van der Waals surface area contributed by atoms with Crippen molar-refractivity contribution in [3.63, 3.8) is 0 Å². The number of nitrogens with zero attached hydrogens (tertiary/aromatic N) is 4. The highest BCUT2D eigenvalue weighted by Crippen LogP contribution is 2.08. The van der Waals surface area contributed by atoms with Crippen LogP contribution in [0, 0.1) is 0 Å². The van der Waals surface area contributed by atoms with Crippen molar-refractivity contribution in [3.05, 3.63) is 24.3 Å². The van der Waals surface area contributed by atoms with Crippen molar-refractivity contribution in [3.8, 4) is 0 Å². The highest BCUT2D eigenvalue weighted by Gasteiger charge is 2.13. The predicted octanol–water partition coefficient (Wildman–Crippen LogP) is -0.230. The molecule has 14 heavy (non-hydrogen) atoms. The fourth-order valence-corrected chi connectivity index (χ4v) is 1.27. The van der Waals surface area contributed by atoms with Gasteiger partial charge in [0.1, 0.15) is 0 Å². The van der Waals surface area contributed by atoms with Gasteiger partial charge >= 0.3 is 0 Å². The third-order valence-electron chi connectivity index (χ3n) is 1.89. The number of nitrogens with two attached hydrogens (primary N) is 1. The Morgan fingerprint density at radius 2 is 2.43 bits per heavy atom. The average Bonchev–Trinajstić information content (AvgIpc) is 2.61. The molecule has 0 saturated heterocycles. The third kappa shape index (κ3) is 1.45. The topological polar surface area (TPSA) is 78.3 Å². The minimum absolute atomic E-state index is 0.279. The summed E-state index contributed by atoms with van der Waals surface area (Å²) in [4.78, 5) is 4.04. The highest BCUT2D eigenvalue weighted by atomic mass is 16.5. The summed E-state index contributed by atoms with van der Waals surface area (Å²) in [6.45, 7) is 0.412. The van der Waals surface area contributed by atoms with E-state index in [2.05, 4.69) is 15.2 Å². The minimum atomic E-state index is -0.279. The van der Waals surface area contributed by atoms with Crippen molar-refractivity contribution >= 4 is 5.78 Å². The van der Waals surface area contributed by atoms with Crippen LogP contribution in [0.15, 0.2) is 18.5 Å². The first-order valence-corrected chi connectivity index (χ1v) is 4.23. The Bertz CT molecular complexity index is 426. The monoisotopic (exact) mass is 193 g/mol. The maximum atomic E-state index is 5.84. The number of ether oxygens (including phenoxy) is 1. The molecule has 0 aromatic carbocycles. The van der Waals surface area contributed by atoms with E-state index < -0.39 is 0 Å². The summed E-state index contributed by atoms with van der Waals surface area (Å²) in [7, 11) is 1.60. The Morgan fingerprint density at radius 1 is 1.57 bits per heavy atom. The fraction of sp³-hybridized carbons (Fsp3) is 0.375. The Kier molecular flexibility index (Phi) is 2.38. The van der Waals surface area contributed by atoms with Crippen LogP contribution in [0.3, 0.4) is 0 Å². The van der Waals surface area contributed by atoms with E-state index in [1.807, 2.05) is 6.20 Å². The van der Waals surface area contributed by atoms with Crippen molar-refractivity contribution in [2.75, 3.05) is 13.7 Å². The van der Waals surface area contributed by atoms with Gasteiger partial charge in [-0.1, -0.05) is 0 Å². The second kappa shape index (κ2) is 3.69. The quantitative estimate of drug-likeness (QED) is 0.728. The molecule has 2 aromatic heterocycles. The molecule has 0 radical (unpaired) electrons. The van der Waals surface area contributed by atoms with Gasteiger partial charge in [0.15, 0.2) is 5.82 Å². The molecule has 74 valence electrons. The normalized spacial score (nSPS) is 13.3. The molecule has 1 unspecified atom stereocenters. The smallest absolute Gasteiger partial charge is 0.254 e. The van der Waals surface area contributed by atoms with E-state index in [0.29, 0.717) is 18.2 Å². The lowest BCUT2D eigenvalue weighted by Crippen LogP contribution is -2.19. The van der Waals surface area contributed by atoms with E-state index in [4.69, 9.17) is 10.5 Å². The van der Waals surface area contributed by atoms with Gasteiger partial charge in [-0.25, -0.2) is 4.98 Å². The first-order chi connectivity index (χ1) is 6.83. The molecular formula is C8H11N5O.